The third-order valence-corrected chi connectivity index (χ3v) is 5.47. The molecule has 2 aliphatic rings. The minimum Gasteiger partial charge on any atom is -0.345 e. The van der Waals surface area contributed by atoms with Crippen LogP contribution in [0.4, 0.5) is 5.13 Å². The fourth-order valence-electron chi connectivity index (χ4n) is 3.14. The van der Waals surface area contributed by atoms with E-state index in [0.29, 0.717) is 18.8 Å². The lowest BCUT2D eigenvalue weighted by Gasteiger charge is -2.34. The van der Waals surface area contributed by atoms with Crippen molar-refractivity contribution in [1.29, 1.82) is 0 Å². The zero-order valence-electron chi connectivity index (χ0n) is 13.5. The summed E-state index contributed by atoms with van der Waals surface area (Å²) in [5.41, 5.74) is 3.79. The first kappa shape index (κ1) is 17.2. The minimum absolute atomic E-state index is 0. The highest BCUT2D eigenvalue weighted by Crippen LogP contribution is 2.22. The SMILES string of the molecule is Cc1csc(N2CCN(C(=O)c3n[nH]c4c3CNCC4)CC2)n1.Cl. The van der Waals surface area contributed by atoms with E-state index in [1.807, 2.05) is 11.8 Å². The van der Waals surface area contributed by atoms with Crippen LogP contribution in [0.1, 0.15) is 27.4 Å². The fraction of sp³-hybridized carbons (Fsp3) is 0.533. The van der Waals surface area contributed by atoms with Gasteiger partial charge in [0.2, 0.25) is 0 Å². The highest BCUT2D eigenvalue weighted by Gasteiger charge is 2.28. The first-order valence-electron chi connectivity index (χ1n) is 7.95. The maximum absolute atomic E-state index is 12.8. The van der Waals surface area contributed by atoms with Crippen LogP contribution in [0.25, 0.3) is 0 Å². The van der Waals surface area contributed by atoms with Crippen molar-refractivity contribution in [3.05, 3.63) is 28.0 Å². The Morgan fingerprint density at radius 1 is 1.29 bits per heavy atom. The second kappa shape index (κ2) is 7.08. The van der Waals surface area contributed by atoms with Gasteiger partial charge in [-0.15, -0.1) is 23.7 Å². The van der Waals surface area contributed by atoms with Crippen molar-refractivity contribution in [2.24, 2.45) is 0 Å². The summed E-state index contributed by atoms with van der Waals surface area (Å²) in [6.07, 6.45) is 0.910. The van der Waals surface area contributed by atoms with Gasteiger partial charge in [0.1, 0.15) is 0 Å². The molecule has 130 valence electrons. The number of H-pyrrole nitrogens is 1. The molecular weight excluding hydrogens is 348 g/mol. The second-order valence-corrected chi connectivity index (χ2v) is 6.84. The third-order valence-electron chi connectivity index (χ3n) is 4.45. The minimum atomic E-state index is 0. The monoisotopic (exact) mass is 368 g/mol. The number of nitrogens with one attached hydrogen (secondary N) is 2. The quantitative estimate of drug-likeness (QED) is 0.833. The summed E-state index contributed by atoms with van der Waals surface area (Å²) >= 11 is 1.67. The molecule has 4 rings (SSSR count). The number of fused-ring (bicyclic) bond motifs is 1. The Morgan fingerprint density at radius 3 is 2.79 bits per heavy atom. The van der Waals surface area contributed by atoms with E-state index in [1.54, 1.807) is 11.3 Å². The second-order valence-electron chi connectivity index (χ2n) is 6.01. The van der Waals surface area contributed by atoms with Crippen LogP contribution >= 0.6 is 23.7 Å². The highest BCUT2D eigenvalue weighted by molar-refractivity contribution is 7.13. The third kappa shape index (κ3) is 3.13. The van der Waals surface area contributed by atoms with Gasteiger partial charge in [0.25, 0.3) is 5.91 Å². The van der Waals surface area contributed by atoms with Crippen molar-refractivity contribution in [2.75, 3.05) is 37.6 Å². The zero-order valence-corrected chi connectivity index (χ0v) is 15.2. The maximum atomic E-state index is 12.8. The molecule has 2 aromatic rings. The Bertz CT molecular complexity index is 721. The van der Waals surface area contributed by atoms with Gasteiger partial charge in [-0.05, 0) is 6.92 Å². The number of carbonyl (C=O) groups excluding carboxylic acids is 1. The molecule has 1 amide bonds. The molecule has 9 heteroatoms. The molecule has 2 N–H and O–H groups in total. The number of piperazine rings is 1. The van der Waals surface area contributed by atoms with Gasteiger partial charge >= 0.3 is 0 Å². The van der Waals surface area contributed by atoms with Crippen molar-refractivity contribution in [3.63, 3.8) is 0 Å². The smallest absolute Gasteiger partial charge is 0.274 e. The van der Waals surface area contributed by atoms with Crippen LogP contribution < -0.4 is 10.2 Å². The van der Waals surface area contributed by atoms with Gasteiger partial charge in [0, 0.05) is 62.3 Å². The molecule has 2 aliphatic heterocycles. The Kier molecular flexibility index (Phi) is 5.07. The molecule has 24 heavy (non-hydrogen) atoms. The van der Waals surface area contributed by atoms with Gasteiger partial charge in [-0.2, -0.15) is 5.10 Å². The van der Waals surface area contributed by atoms with Crippen LogP contribution in [0.5, 0.6) is 0 Å². The van der Waals surface area contributed by atoms with E-state index in [2.05, 4.69) is 30.8 Å². The van der Waals surface area contributed by atoms with Crippen molar-refractivity contribution >= 4 is 34.8 Å². The summed E-state index contributed by atoms with van der Waals surface area (Å²) in [6, 6.07) is 0. The number of anilines is 1. The molecule has 7 nitrogen and oxygen atoms in total. The number of nitrogens with zero attached hydrogens (tertiary/aromatic N) is 4. The largest absolute Gasteiger partial charge is 0.345 e. The zero-order chi connectivity index (χ0) is 15.8. The van der Waals surface area contributed by atoms with Crippen LogP contribution in [0.15, 0.2) is 5.38 Å². The summed E-state index contributed by atoms with van der Waals surface area (Å²) in [6.45, 7) is 6.75. The average Bonchev–Trinajstić information content (AvgIpc) is 3.21. The summed E-state index contributed by atoms with van der Waals surface area (Å²) in [7, 11) is 0. The van der Waals surface area contributed by atoms with Crippen LogP contribution in [0, 0.1) is 6.92 Å². The van der Waals surface area contributed by atoms with Crippen molar-refractivity contribution < 1.29 is 4.79 Å². The molecule has 0 saturated carbocycles. The first-order chi connectivity index (χ1) is 11.2. The van der Waals surface area contributed by atoms with Crippen LogP contribution in [-0.4, -0.2) is 58.7 Å². The molecule has 0 aliphatic carbocycles. The Labute approximate surface area is 150 Å². The topological polar surface area (TPSA) is 77.1 Å². The molecule has 2 aromatic heterocycles. The van der Waals surface area contributed by atoms with E-state index in [1.165, 1.54) is 0 Å². The molecule has 0 aromatic carbocycles. The summed E-state index contributed by atoms with van der Waals surface area (Å²) in [5, 5.41) is 13.7. The van der Waals surface area contributed by atoms with Crippen LogP contribution in [0.3, 0.4) is 0 Å². The number of thiazole rings is 1. The van der Waals surface area contributed by atoms with Gasteiger partial charge in [-0.3, -0.25) is 9.89 Å². The Morgan fingerprint density at radius 2 is 2.08 bits per heavy atom. The standard InChI is InChI=1S/C15H20N6OS.ClH/c1-10-9-23-15(17-10)21-6-4-20(5-7-21)14(22)13-11-8-16-3-2-12(11)18-19-13;/h9,16H,2-8H2,1H3,(H,18,19);1H. The van der Waals surface area contributed by atoms with E-state index in [9.17, 15) is 4.79 Å². The van der Waals surface area contributed by atoms with E-state index in [-0.39, 0.29) is 18.3 Å². The number of halogens is 1. The predicted octanol–water partition coefficient (Wildman–Crippen LogP) is 1.20. The van der Waals surface area contributed by atoms with Gasteiger partial charge in [-0.25, -0.2) is 4.98 Å². The Balaban J connectivity index is 0.00000169. The van der Waals surface area contributed by atoms with Gasteiger partial charge in [0.05, 0.1) is 5.69 Å². The van der Waals surface area contributed by atoms with E-state index in [4.69, 9.17) is 0 Å². The molecule has 0 bridgehead atoms. The van der Waals surface area contributed by atoms with Crippen LogP contribution in [-0.2, 0) is 13.0 Å². The number of rotatable bonds is 2. The number of aromatic nitrogens is 3. The molecule has 0 radical (unpaired) electrons. The lowest BCUT2D eigenvalue weighted by Crippen LogP contribution is -2.49. The predicted molar refractivity (Wildman–Crippen MR) is 96.2 cm³/mol. The molecule has 0 atom stereocenters. The van der Waals surface area contributed by atoms with E-state index >= 15 is 0 Å². The molecule has 0 spiro atoms. The maximum Gasteiger partial charge on any atom is 0.274 e. The first-order valence-corrected chi connectivity index (χ1v) is 8.83. The van der Waals surface area contributed by atoms with Crippen molar-refractivity contribution in [1.82, 2.24) is 25.4 Å². The van der Waals surface area contributed by atoms with E-state index in [0.717, 1.165) is 54.7 Å². The van der Waals surface area contributed by atoms with Gasteiger partial charge in [0.15, 0.2) is 10.8 Å². The summed E-state index contributed by atoms with van der Waals surface area (Å²) in [5.74, 6) is 0.0427. The number of aromatic amines is 1. The lowest BCUT2D eigenvalue weighted by atomic mass is 10.1. The van der Waals surface area contributed by atoms with Crippen LogP contribution in [0.2, 0.25) is 0 Å². The number of carbonyl (C=O) groups is 1. The van der Waals surface area contributed by atoms with Crippen molar-refractivity contribution in [2.45, 2.75) is 19.9 Å². The van der Waals surface area contributed by atoms with Crippen molar-refractivity contribution in [3.8, 4) is 0 Å². The average molecular weight is 369 g/mol. The number of aryl methyl sites for hydroxylation is 1. The molecule has 4 heterocycles. The molecule has 1 saturated heterocycles. The van der Waals surface area contributed by atoms with Gasteiger partial charge in [-0.1, -0.05) is 0 Å². The van der Waals surface area contributed by atoms with Gasteiger partial charge < -0.3 is 15.1 Å². The Hall–Kier alpha value is -1.64. The lowest BCUT2D eigenvalue weighted by molar-refractivity contribution is 0.0739. The molecular formula is C15H21ClN6OS. The molecule has 1 fully saturated rings. The molecule has 0 unspecified atom stereocenters. The fourth-order valence-corrected chi connectivity index (χ4v) is 4.00. The normalized spacial score (nSPS) is 17.4. The number of hydrogen-bond acceptors (Lipinski definition) is 6. The summed E-state index contributed by atoms with van der Waals surface area (Å²) < 4.78 is 0. The highest BCUT2D eigenvalue weighted by atomic mass is 35.5. The van der Waals surface area contributed by atoms with E-state index < -0.39 is 0 Å². The number of hydrogen-bond donors (Lipinski definition) is 2. The summed E-state index contributed by atoms with van der Waals surface area (Å²) in [4.78, 5) is 21.4. The number of amides is 1.